The van der Waals surface area contributed by atoms with E-state index in [0.29, 0.717) is 11.3 Å². The van der Waals surface area contributed by atoms with Gasteiger partial charge in [0.1, 0.15) is 11.5 Å². The lowest BCUT2D eigenvalue weighted by Crippen LogP contribution is -2.17. The molecule has 4 aromatic rings. The molecule has 0 saturated carbocycles. The van der Waals surface area contributed by atoms with Crippen molar-refractivity contribution in [2.24, 2.45) is 5.73 Å². The number of hydrogen-bond acceptors (Lipinski definition) is 6. The number of rotatable bonds is 5. The van der Waals surface area contributed by atoms with Gasteiger partial charge in [-0.1, -0.05) is 45.4 Å². The number of fused-ring (bicyclic) bond motifs is 1. The van der Waals surface area contributed by atoms with Gasteiger partial charge in [0, 0.05) is 34.1 Å². The van der Waals surface area contributed by atoms with Gasteiger partial charge < -0.3 is 10.3 Å². The maximum absolute atomic E-state index is 14.3. The van der Waals surface area contributed by atoms with E-state index >= 15 is 0 Å². The first-order valence-corrected chi connectivity index (χ1v) is 11.7. The Labute approximate surface area is 193 Å². The topological polar surface area (TPSA) is 99.1 Å². The minimum Gasteiger partial charge on any atom is -0.356 e. The minimum atomic E-state index is -3.56. The molecule has 10 heteroatoms. The number of sulfone groups is 1. The van der Waals surface area contributed by atoms with E-state index < -0.39 is 21.7 Å². The van der Waals surface area contributed by atoms with Crippen molar-refractivity contribution in [1.29, 1.82) is 0 Å². The van der Waals surface area contributed by atoms with Crippen LogP contribution in [0.2, 0.25) is 0 Å². The highest BCUT2D eigenvalue weighted by molar-refractivity contribution is 9.10. The normalized spacial score (nSPS) is 12.5. The Morgan fingerprint density at radius 1 is 1.16 bits per heavy atom. The van der Waals surface area contributed by atoms with Crippen molar-refractivity contribution >= 4 is 49.1 Å². The summed E-state index contributed by atoms with van der Waals surface area (Å²) in [6.45, 7) is 0. The third-order valence-electron chi connectivity index (χ3n) is 4.74. The standard InChI is InChI=1S/C21H17BrFN3O3S.ClH/c1-30(27,28)20-9-8-16(23)18(25-20)11-17(24)13-4-2-3-5-14(13)21-15-7-6-12(22)10-19(15)29-26-21;/h2-10,17H,11,24H2,1H3;1H/t17-;/m0./s1. The predicted octanol–water partition coefficient (Wildman–Crippen LogP) is 4.86. The molecule has 0 radical (unpaired) electrons. The second-order valence-electron chi connectivity index (χ2n) is 6.92. The molecular formula is C21H18BrClFN3O3S. The molecule has 0 saturated heterocycles. The smallest absolute Gasteiger partial charge is 0.192 e. The summed E-state index contributed by atoms with van der Waals surface area (Å²) in [5, 5.41) is 4.83. The van der Waals surface area contributed by atoms with Gasteiger partial charge in [-0.05, 0) is 35.9 Å². The average molecular weight is 527 g/mol. The molecule has 0 aliphatic rings. The van der Waals surface area contributed by atoms with Crippen LogP contribution < -0.4 is 5.73 Å². The maximum atomic E-state index is 14.3. The van der Waals surface area contributed by atoms with Crippen molar-refractivity contribution in [2.45, 2.75) is 17.5 Å². The van der Waals surface area contributed by atoms with E-state index in [9.17, 15) is 12.8 Å². The van der Waals surface area contributed by atoms with E-state index in [1.807, 2.05) is 42.5 Å². The van der Waals surface area contributed by atoms with Crippen molar-refractivity contribution in [2.75, 3.05) is 6.26 Å². The molecule has 31 heavy (non-hydrogen) atoms. The fraction of sp³-hybridized carbons (Fsp3) is 0.143. The number of halogens is 3. The van der Waals surface area contributed by atoms with Crippen LogP contribution >= 0.6 is 28.3 Å². The van der Waals surface area contributed by atoms with Crippen LogP contribution in [0.5, 0.6) is 0 Å². The highest BCUT2D eigenvalue weighted by Gasteiger charge is 2.21. The third-order valence-corrected chi connectivity index (χ3v) is 6.22. The van der Waals surface area contributed by atoms with Crippen LogP contribution in [-0.2, 0) is 16.3 Å². The van der Waals surface area contributed by atoms with Crippen molar-refractivity contribution in [3.63, 3.8) is 0 Å². The van der Waals surface area contributed by atoms with Crippen molar-refractivity contribution < 1.29 is 17.3 Å². The first kappa shape index (κ1) is 23.3. The lowest BCUT2D eigenvalue weighted by molar-refractivity contribution is 0.459. The Balaban J connectivity index is 0.00000272. The third kappa shape index (κ3) is 4.79. The van der Waals surface area contributed by atoms with Gasteiger partial charge in [-0.25, -0.2) is 17.8 Å². The zero-order valence-corrected chi connectivity index (χ0v) is 19.5. The minimum absolute atomic E-state index is 0. The zero-order chi connectivity index (χ0) is 21.5. The van der Waals surface area contributed by atoms with E-state index in [-0.39, 0.29) is 29.5 Å². The second kappa shape index (κ2) is 9.04. The molecule has 2 aromatic carbocycles. The number of hydrogen-bond donors (Lipinski definition) is 1. The SMILES string of the molecule is CS(=O)(=O)c1ccc(F)c(C[C@H](N)c2ccccc2-c2noc3cc(Br)ccc23)n1.Cl. The van der Waals surface area contributed by atoms with E-state index in [0.717, 1.165) is 39.4 Å². The van der Waals surface area contributed by atoms with Crippen LogP contribution in [0.25, 0.3) is 22.2 Å². The molecule has 2 heterocycles. The van der Waals surface area contributed by atoms with Crippen LogP contribution in [0.1, 0.15) is 17.3 Å². The summed E-state index contributed by atoms with van der Waals surface area (Å²) < 4.78 is 44.2. The molecule has 162 valence electrons. The summed E-state index contributed by atoms with van der Waals surface area (Å²) in [4.78, 5) is 3.98. The summed E-state index contributed by atoms with van der Waals surface area (Å²) in [6, 6.07) is 14.6. The van der Waals surface area contributed by atoms with E-state index in [2.05, 4.69) is 26.1 Å². The Bertz CT molecular complexity index is 1360. The Hall–Kier alpha value is -2.33. The van der Waals surface area contributed by atoms with Crippen LogP contribution in [-0.4, -0.2) is 24.8 Å². The Kier molecular flexibility index (Phi) is 6.80. The van der Waals surface area contributed by atoms with Gasteiger partial charge in [0.15, 0.2) is 20.4 Å². The lowest BCUT2D eigenvalue weighted by atomic mass is 9.94. The quantitative estimate of drug-likeness (QED) is 0.399. The van der Waals surface area contributed by atoms with Gasteiger partial charge in [0.2, 0.25) is 0 Å². The molecule has 0 aliphatic carbocycles. The average Bonchev–Trinajstić information content (AvgIpc) is 3.11. The first-order valence-electron chi connectivity index (χ1n) is 8.99. The van der Waals surface area contributed by atoms with Gasteiger partial charge in [-0.3, -0.25) is 0 Å². The molecule has 6 nitrogen and oxygen atoms in total. The van der Waals surface area contributed by atoms with Crippen LogP contribution in [0.3, 0.4) is 0 Å². The van der Waals surface area contributed by atoms with Gasteiger partial charge >= 0.3 is 0 Å². The molecule has 1 atom stereocenters. The molecule has 0 bridgehead atoms. The van der Waals surface area contributed by atoms with Gasteiger partial charge in [0.25, 0.3) is 0 Å². The summed E-state index contributed by atoms with van der Waals surface area (Å²) in [5.41, 5.74) is 9.13. The van der Waals surface area contributed by atoms with Gasteiger partial charge in [0.05, 0.1) is 5.69 Å². The van der Waals surface area contributed by atoms with Gasteiger partial charge in [-0.2, -0.15) is 0 Å². The molecule has 0 aliphatic heterocycles. The molecule has 4 rings (SSSR count). The Morgan fingerprint density at radius 3 is 2.65 bits per heavy atom. The second-order valence-corrected chi connectivity index (χ2v) is 9.80. The monoisotopic (exact) mass is 525 g/mol. The fourth-order valence-electron chi connectivity index (χ4n) is 3.27. The zero-order valence-electron chi connectivity index (χ0n) is 16.2. The number of nitrogens with two attached hydrogens (primary N) is 1. The largest absolute Gasteiger partial charge is 0.356 e. The molecular weight excluding hydrogens is 509 g/mol. The van der Waals surface area contributed by atoms with Crippen molar-refractivity contribution in [1.82, 2.24) is 10.1 Å². The van der Waals surface area contributed by atoms with E-state index in [1.54, 1.807) is 0 Å². The lowest BCUT2D eigenvalue weighted by Gasteiger charge is -2.16. The summed E-state index contributed by atoms with van der Waals surface area (Å²) in [7, 11) is -3.56. The fourth-order valence-corrected chi connectivity index (χ4v) is 4.21. The van der Waals surface area contributed by atoms with E-state index in [4.69, 9.17) is 10.3 Å². The first-order chi connectivity index (χ1) is 14.2. The van der Waals surface area contributed by atoms with Gasteiger partial charge in [-0.15, -0.1) is 12.4 Å². The van der Waals surface area contributed by atoms with Crippen LogP contribution in [0.4, 0.5) is 4.39 Å². The highest BCUT2D eigenvalue weighted by Crippen LogP contribution is 2.34. The molecule has 2 N–H and O–H groups in total. The number of aromatic nitrogens is 2. The van der Waals surface area contributed by atoms with Crippen LogP contribution in [0, 0.1) is 5.82 Å². The highest BCUT2D eigenvalue weighted by atomic mass is 79.9. The molecule has 0 unspecified atom stereocenters. The maximum Gasteiger partial charge on any atom is 0.192 e. The number of benzene rings is 2. The molecule has 0 amide bonds. The Morgan fingerprint density at radius 2 is 1.90 bits per heavy atom. The van der Waals surface area contributed by atoms with Crippen molar-refractivity contribution in [3.05, 3.63) is 76.1 Å². The van der Waals surface area contributed by atoms with Crippen LogP contribution in [0.15, 0.2) is 68.6 Å². The molecule has 0 fully saturated rings. The van der Waals surface area contributed by atoms with E-state index in [1.165, 1.54) is 0 Å². The molecule has 2 aromatic heterocycles. The number of nitrogens with zero attached hydrogens (tertiary/aromatic N) is 2. The molecule has 0 spiro atoms. The predicted molar refractivity (Wildman–Crippen MR) is 122 cm³/mol. The number of pyridine rings is 1. The summed E-state index contributed by atoms with van der Waals surface area (Å²) in [6.07, 6.45) is 1.05. The summed E-state index contributed by atoms with van der Waals surface area (Å²) in [5.74, 6) is -0.605. The summed E-state index contributed by atoms with van der Waals surface area (Å²) >= 11 is 3.41. The van der Waals surface area contributed by atoms with Crippen molar-refractivity contribution in [3.8, 4) is 11.3 Å².